The minimum absolute atomic E-state index is 0.219. The summed E-state index contributed by atoms with van der Waals surface area (Å²) in [4.78, 5) is 12.8. The van der Waals surface area contributed by atoms with Crippen LogP contribution in [0.1, 0.15) is 16.1 Å². The zero-order valence-corrected chi connectivity index (χ0v) is 22.7. The number of allylic oxidation sites excluding steroid dienone is 1. The van der Waals surface area contributed by atoms with E-state index in [9.17, 15) is 4.79 Å². The number of hydrogen-bond donors (Lipinski definition) is 0. The lowest BCUT2D eigenvalue weighted by Crippen LogP contribution is -1.99. The molecule has 0 fully saturated rings. The Hall–Kier alpha value is -4.64. The third-order valence-electron chi connectivity index (χ3n) is 6.46. The fourth-order valence-electron chi connectivity index (χ4n) is 4.42. The van der Waals surface area contributed by atoms with Crippen LogP contribution >= 0.6 is 23.2 Å². The molecule has 0 bridgehead atoms. The van der Waals surface area contributed by atoms with Gasteiger partial charge in [-0.2, -0.15) is 5.10 Å². The molecule has 0 aliphatic carbocycles. The molecule has 0 saturated carbocycles. The first-order valence-electron chi connectivity index (χ1n) is 12.6. The number of furan rings is 1. The molecule has 40 heavy (non-hydrogen) atoms. The maximum atomic E-state index is 12.8. The summed E-state index contributed by atoms with van der Waals surface area (Å²) in [6.07, 6.45) is 3.26. The Morgan fingerprint density at radius 2 is 1.45 bits per heavy atom. The van der Waals surface area contributed by atoms with Crippen molar-refractivity contribution in [2.45, 2.75) is 0 Å². The van der Waals surface area contributed by atoms with Crippen LogP contribution in [0.3, 0.4) is 0 Å². The Bertz CT molecular complexity index is 1820. The summed E-state index contributed by atoms with van der Waals surface area (Å²) in [7, 11) is 0. The number of aromatic nitrogens is 2. The number of halogens is 2. The number of hydrogen-bond acceptors (Lipinski definition) is 3. The van der Waals surface area contributed by atoms with E-state index in [-0.39, 0.29) is 11.5 Å². The molecule has 6 aromatic rings. The van der Waals surface area contributed by atoms with E-state index in [0.717, 1.165) is 33.8 Å². The second kappa shape index (κ2) is 11.2. The summed E-state index contributed by atoms with van der Waals surface area (Å²) in [6.45, 7) is 0. The van der Waals surface area contributed by atoms with Crippen molar-refractivity contribution in [3.8, 4) is 39.5 Å². The highest BCUT2D eigenvalue weighted by Crippen LogP contribution is 2.32. The monoisotopic (exact) mass is 560 g/mol. The zero-order chi connectivity index (χ0) is 27.5. The lowest BCUT2D eigenvalue weighted by atomic mass is 10.1. The van der Waals surface area contributed by atoms with Gasteiger partial charge in [-0.15, -0.1) is 0 Å². The molecule has 0 N–H and O–H groups in total. The van der Waals surface area contributed by atoms with Gasteiger partial charge in [-0.3, -0.25) is 4.79 Å². The number of nitrogens with zero attached hydrogens (tertiary/aromatic N) is 2. The van der Waals surface area contributed by atoms with Crippen LogP contribution in [-0.2, 0) is 0 Å². The number of carbonyl (C=O) groups excluding carboxylic acids is 1. The number of ketones is 1. The SMILES string of the molecule is O=C(/C=C/c1ccc(-n2nc(-c3ccccc3)cc2-c2ccccc2)cc1)c1ccc(-c2cc(Cl)ccc2Cl)o1. The maximum Gasteiger partial charge on any atom is 0.221 e. The van der Waals surface area contributed by atoms with Crippen LogP contribution in [-0.4, -0.2) is 15.6 Å². The molecule has 0 unspecified atom stereocenters. The Morgan fingerprint density at radius 3 is 2.17 bits per heavy atom. The number of carbonyl (C=O) groups is 1. The maximum absolute atomic E-state index is 12.8. The fraction of sp³-hybridized carbons (Fsp3) is 0. The molecule has 0 spiro atoms. The van der Waals surface area contributed by atoms with Gasteiger partial charge in [-0.25, -0.2) is 4.68 Å². The lowest BCUT2D eigenvalue weighted by Gasteiger charge is -2.08. The highest BCUT2D eigenvalue weighted by atomic mass is 35.5. The van der Waals surface area contributed by atoms with Crippen molar-refractivity contribution in [2.24, 2.45) is 0 Å². The first kappa shape index (κ1) is 25.6. The summed E-state index contributed by atoms with van der Waals surface area (Å²) in [5, 5.41) is 5.96. The predicted molar refractivity (Wildman–Crippen MR) is 162 cm³/mol. The molecule has 0 amide bonds. The molecule has 2 heterocycles. The summed E-state index contributed by atoms with van der Waals surface area (Å²) < 4.78 is 7.72. The molecular weight excluding hydrogens is 539 g/mol. The van der Waals surface area contributed by atoms with Crippen molar-refractivity contribution in [3.05, 3.63) is 149 Å². The minimum atomic E-state index is -0.251. The first-order valence-corrected chi connectivity index (χ1v) is 13.4. The van der Waals surface area contributed by atoms with Crippen LogP contribution in [0.4, 0.5) is 0 Å². The summed E-state index contributed by atoms with van der Waals surface area (Å²) in [5.41, 5.74) is 6.44. The van der Waals surface area contributed by atoms with Gasteiger partial charge in [0.05, 0.1) is 22.1 Å². The summed E-state index contributed by atoms with van der Waals surface area (Å²) in [5.74, 6) is 0.452. The number of benzene rings is 4. The molecule has 6 rings (SSSR count). The summed E-state index contributed by atoms with van der Waals surface area (Å²) in [6, 6.07) is 38.8. The third-order valence-corrected chi connectivity index (χ3v) is 7.02. The Morgan fingerprint density at radius 1 is 0.750 bits per heavy atom. The van der Waals surface area contributed by atoms with Gasteiger partial charge in [0, 0.05) is 21.7 Å². The molecule has 0 aliphatic heterocycles. The topological polar surface area (TPSA) is 48.0 Å². The van der Waals surface area contributed by atoms with E-state index in [1.54, 1.807) is 36.4 Å². The second-order valence-corrected chi connectivity index (χ2v) is 9.98. The van der Waals surface area contributed by atoms with E-state index >= 15 is 0 Å². The third kappa shape index (κ3) is 5.41. The van der Waals surface area contributed by atoms with Gasteiger partial charge in [0.25, 0.3) is 0 Å². The molecule has 4 nitrogen and oxygen atoms in total. The summed E-state index contributed by atoms with van der Waals surface area (Å²) >= 11 is 12.4. The second-order valence-electron chi connectivity index (χ2n) is 9.14. The smallest absolute Gasteiger partial charge is 0.221 e. The molecule has 0 atom stereocenters. The molecular formula is C34H22Cl2N2O2. The van der Waals surface area contributed by atoms with Crippen molar-refractivity contribution >= 4 is 35.1 Å². The van der Waals surface area contributed by atoms with E-state index < -0.39 is 0 Å². The minimum Gasteiger partial charge on any atom is -0.453 e. The van der Waals surface area contributed by atoms with Gasteiger partial charge >= 0.3 is 0 Å². The largest absolute Gasteiger partial charge is 0.453 e. The van der Waals surface area contributed by atoms with E-state index in [2.05, 4.69) is 30.3 Å². The van der Waals surface area contributed by atoms with E-state index in [0.29, 0.717) is 21.4 Å². The van der Waals surface area contributed by atoms with Gasteiger partial charge in [-0.05, 0) is 60.2 Å². The highest BCUT2D eigenvalue weighted by molar-refractivity contribution is 6.35. The van der Waals surface area contributed by atoms with Crippen molar-refractivity contribution < 1.29 is 9.21 Å². The predicted octanol–water partition coefficient (Wildman–Crippen LogP) is 9.67. The molecule has 0 radical (unpaired) electrons. The van der Waals surface area contributed by atoms with Crippen molar-refractivity contribution in [2.75, 3.05) is 0 Å². The standard InChI is InChI=1S/C34H22Cl2N2O2/c35-26-14-17-29(36)28(21-26)33-19-20-34(40-33)32(39)18-13-23-11-15-27(16-12-23)38-31(25-9-5-2-6-10-25)22-30(37-38)24-7-3-1-4-8-24/h1-22H/b18-13+. The van der Waals surface area contributed by atoms with Gasteiger partial charge in [0.2, 0.25) is 5.78 Å². The Labute approximate surface area is 241 Å². The molecule has 0 saturated heterocycles. The van der Waals surface area contributed by atoms with Crippen LogP contribution < -0.4 is 0 Å². The highest BCUT2D eigenvalue weighted by Gasteiger charge is 2.14. The van der Waals surface area contributed by atoms with Gasteiger partial charge in [-0.1, -0.05) is 102 Å². The Balaban J connectivity index is 1.24. The molecule has 4 aromatic carbocycles. The van der Waals surface area contributed by atoms with Crippen LogP contribution in [0.2, 0.25) is 10.0 Å². The molecule has 2 aromatic heterocycles. The molecule has 194 valence electrons. The lowest BCUT2D eigenvalue weighted by molar-refractivity contribution is 0.102. The van der Waals surface area contributed by atoms with Crippen LogP contribution in [0.25, 0.3) is 45.6 Å². The van der Waals surface area contributed by atoms with Gasteiger partial charge in [0.15, 0.2) is 5.76 Å². The number of rotatable bonds is 7. The van der Waals surface area contributed by atoms with Crippen LogP contribution in [0, 0.1) is 0 Å². The van der Waals surface area contributed by atoms with E-state index in [4.69, 9.17) is 32.7 Å². The first-order chi connectivity index (χ1) is 19.5. The van der Waals surface area contributed by atoms with Crippen LogP contribution in [0.15, 0.2) is 132 Å². The average molecular weight is 561 g/mol. The molecule has 0 aliphatic rings. The van der Waals surface area contributed by atoms with E-state index in [1.165, 1.54) is 6.08 Å². The Kier molecular flexibility index (Phi) is 7.19. The van der Waals surface area contributed by atoms with Crippen LogP contribution in [0.5, 0.6) is 0 Å². The van der Waals surface area contributed by atoms with Crippen molar-refractivity contribution in [3.63, 3.8) is 0 Å². The molecule has 6 heteroatoms. The fourth-order valence-corrected chi connectivity index (χ4v) is 4.81. The normalized spacial score (nSPS) is 11.2. The zero-order valence-electron chi connectivity index (χ0n) is 21.2. The van der Waals surface area contributed by atoms with Gasteiger partial charge < -0.3 is 4.42 Å². The van der Waals surface area contributed by atoms with Crippen molar-refractivity contribution in [1.29, 1.82) is 0 Å². The quantitative estimate of drug-likeness (QED) is 0.144. The average Bonchev–Trinajstić information content (AvgIpc) is 3.67. The van der Waals surface area contributed by atoms with E-state index in [1.807, 2.05) is 65.3 Å². The van der Waals surface area contributed by atoms with Crippen molar-refractivity contribution in [1.82, 2.24) is 9.78 Å². The van der Waals surface area contributed by atoms with Gasteiger partial charge in [0.1, 0.15) is 5.76 Å².